The van der Waals surface area contributed by atoms with Crippen molar-refractivity contribution < 1.29 is 8.60 Å². The molecular weight excluding hydrogens is 515 g/mol. The Morgan fingerprint density at radius 3 is 2.62 bits per heavy atom. The fourth-order valence-corrected chi connectivity index (χ4v) is 5.23. The molecule has 2 N–H and O–H groups in total. The number of benzene rings is 2. The average molecular weight is 541 g/mol. The molecule has 1 saturated heterocycles. The number of aromatic nitrogens is 3. The first-order chi connectivity index (χ1) is 17.9. The largest absolute Gasteiger partial charge is 0.367 e. The Kier molecular flexibility index (Phi) is 7.23. The van der Waals surface area contributed by atoms with Gasteiger partial charge in [-0.3, -0.25) is 13.6 Å². The Morgan fingerprint density at radius 1 is 1.14 bits per heavy atom. The molecule has 0 radical (unpaired) electrons. The van der Waals surface area contributed by atoms with Crippen LogP contribution in [0.5, 0.6) is 0 Å². The highest BCUT2D eigenvalue weighted by Crippen LogP contribution is 2.30. The Labute approximate surface area is 221 Å². The third-order valence-corrected chi connectivity index (χ3v) is 7.61. The lowest BCUT2D eigenvalue weighted by atomic mass is 10.1. The molecule has 0 aliphatic carbocycles. The van der Waals surface area contributed by atoms with Gasteiger partial charge in [-0.2, -0.15) is 4.98 Å². The summed E-state index contributed by atoms with van der Waals surface area (Å²) in [5.41, 5.74) is 2.12. The highest BCUT2D eigenvalue weighted by Gasteiger charge is 2.17. The molecule has 192 valence electrons. The topological polar surface area (TPSA) is 92.2 Å². The lowest BCUT2D eigenvalue weighted by Gasteiger charge is -2.29. The number of nitrogens with zero attached hydrogens (tertiary/aromatic N) is 4. The summed E-state index contributed by atoms with van der Waals surface area (Å²) in [7, 11) is -1.22. The maximum atomic E-state index is 14.9. The second kappa shape index (κ2) is 10.6. The molecule has 5 rings (SSSR count). The van der Waals surface area contributed by atoms with E-state index in [1.54, 1.807) is 48.9 Å². The quantitative estimate of drug-likeness (QED) is 0.379. The Bertz CT molecular complexity index is 1570. The van der Waals surface area contributed by atoms with E-state index in [1.807, 2.05) is 11.8 Å². The molecule has 4 aromatic rings. The second-order valence-electron chi connectivity index (χ2n) is 8.70. The number of hydrogen-bond donors (Lipinski definition) is 2. The molecule has 8 nitrogen and oxygen atoms in total. The van der Waals surface area contributed by atoms with Gasteiger partial charge in [-0.25, -0.2) is 9.37 Å². The number of halogens is 2. The standard InChI is InChI=1S/C26H26ClFN6O2S/c1-3-34-24-16(12-20(25(34)35)19-14-18(37(2)36)5-6-21(19)27)15-30-26(32-24)31-17-4-7-23(22(28)13-17)33-10-8-29-9-11-33/h4-7,12-15,29H,3,8-11H2,1-2H3,(H,30,31,32). The number of piperazine rings is 1. The van der Waals surface area contributed by atoms with Gasteiger partial charge in [0.15, 0.2) is 0 Å². The van der Waals surface area contributed by atoms with Crippen LogP contribution in [0.4, 0.5) is 21.7 Å². The number of rotatable bonds is 6. The zero-order valence-corrected chi connectivity index (χ0v) is 22.0. The maximum Gasteiger partial charge on any atom is 0.260 e. The molecule has 1 aliphatic rings. The van der Waals surface area contributed by atoms with Gasteiger partial charge in [-0.1, -0.05) is 11.6 Å². The van der Waals surface area contributed by atoms with Gasteiger partial charge in [-0.05, 0) is 49.4 Å². The predicted octanol–water partition coefficient (Wildman–Crippen LogP) is 4.16. The van der Waals surface area contributed by atoms with E-state index in [1.165, 1.54) is 10.6 Å². The van der Waals surface area contributed by atoms with E-state index < -0.39 is 10.8 Å². The highest BCUT2D eigenvalue weighted by molar-refractivity contribution is 7.84. The van der Waals surface area contributed by atoms with Crippen molar-refractivity contribution in [1.29, 1.82) is 0 Å². The molecule has 2 aromatic carbocycles. The van der Waals surface area contributed by atoms with Gasteiger partial charge in [0.05, 0.1) is 5.69 Å². The first kappa shape index (κ1) is 25.3. The Morgan fingerprint density at radius 2 is 1.92 bits per heavy atom. The number of pyridine rings is 1. The summed E-state index contributed by atoms with van der Waals surface area (Å²) in [6, 6.07) is 11.7. The third-order valence-electron chi connectivity index (χ3n) is 6.36. The van der Waals surface area contributed by atoms with Crippen LogP contribution in [0.15, 0.2) is 58.4 Å². The summed E-state index contributed by atoms with van der Waals surface area (Å²) in [4.78, 5) is 25.0. The van der Waals surface area contributed by atoms with Crippen LogP contribution in [0.3, 0.4) is 0 Å². The molecule has 1 aliphatic heterocycles. The van der Waals surface area contributed by atoms with Gasteiger partial charge in [0, 0.05) is 88.1 Å². The van der Waals surface area contributed by atoms with Gasteiger partial charge >= 0.3 is 0 Å². The van der Waals surface area contributed by atoms with Crippen LogP contribution in [-0.4, -0.2) is 51.2 Å². The summed E-state index contributed by atoms with van der Waals surface area (Å²) >= 11 is 6.42. The van der Waals surface area contributed by atoms with Crippen molar-refractivity contribution in [3.05, 3.63) is 69.9 Å². The maximum absolute atomic E-state index is 14.9. The molecular formula is C26H26ClFN6O2S. The van der Waals surface area contributed by atoms with Crippen LogP contribution in [0.25, 0.3) is 22.2 Å². The summed E-state index contributed by atoms with van der Waals surface area (Å²) in [6.45, 7) is 5.36. The Balaban J connectivity index is 1.50. The van der Waals surface area contributed by atoms with E-state index in [-0.39, 0.29) is 17.3 Å². The van der Waals surface area contributed by atoms with Gasteiger partial charge in [-0.15, -0.1) is 0 Å². The van der Waals surface area contributed by atoms with E-state index in [0.717, 1.165) is 26.2 Å². The van der Waals surface area contributed by atoms with E-state index in [2.05, 4.69) is 20.6 Å². The van der Waals surface area contributed by atoms with Crippen molar-refractivity contribution in [3.63, 3.8) is 0 Å². The molecule has 0 amide bonds. The van der Waals surface area contributed by atoms with Crippen LogP contribution in [0, 0.1) is 5.82 Å². The number of anilines is 3. The minimum Gasteiger partial charge on any atom is -0.367 e. The zero-order chi connectivity index (χ0) is 26.1. The Hall–Kier alpha value is -3.34. The molecule has 0 bridgehead atoms. The van der Waals surface area contributed by atoms with Crippen molar-refractivity contribution >= 4 is 50.8 Å². The van der Waals surface area contributed by atoms with Gasteiger partial charge in [0.1, 0.15) is 11.5 Å². The number of fused-ring (bicyclic) bond motifs is 1. The zero-order valence-electron chi connectivity index (χ0n) is 20.4. The SMILES string of the molecule is CCn1c(=O)c(-c2cc(S(C)=O)ccc2Cl)cc2cnc(Nc3ccc(N4CCNCC4)c(F)c3)nc21. The second-order valence-corrected chi connectivity index (χ2v) is 10.5. The molecule has 0 saturated carbocycles. The number of nitrogens with one attached hydrogen (secondary N) is 2. The van der Waals surface area contributed by atoms with Crippen LogP contribution in [0.1, 0.15) is 6.92 Å². The minimum atomic E-state index is -1.22. The molecule has 1 fully saturated rings. The van der Waals surface area contributed by atoms with Gasteiger partial charge < -0.3 is 15.5 Å². The molecule has 1 unspecified atom stereocenters. The molecule has 11 heteroatoms. The summed E-state index contributed by atoms with van der Waals surface area (Å²) in [6.07, 6.45) is 3.19. The minimum absolute atomic E-state index is 0.248. The van der Waals surface area contributed by atoms with Crippen molar-refractivity contribution in [2.45, 2.75) is 18.4 Å². The third kappa shape index (κ3) is 5.09. The van der Waals surface area contributed by atoms with Crippen LogP contribution in [0.2, 0.25) is 5.02 Å². The number of aryl methyl sites for hydroxylation is 1. The predicted molar refractivity (Wildman–Crippen MR) is 147 cm³/mol. The number of hydrogen-bond acceptors (Lipinski definition) is 7. The van der Waals surface area contributed by atoms with E-state index in [9.17, 15) is 13.4 Å². The average Bonchev–Trinajstić information content (AvgIpc) is 2.89. The first-order valence-electron chi connectivity index (χ1n) is 11.9. The van der Waals surface area contributed by atoms with Gasteiger partial charge in [0.2, 0.25) is 5.95 Å². The first-order valence-corrected chi connectivity index (χ1v) is 13.9. The van der Waals surface area contributed by atoms with Crippen LogP contribution >= 0.6 is 11.6 Å². The fourth-order valence-electron chi connectivity index (χ4n) is 4.47. The highest BCUT2D eigenvalue weighted by atomic mass is 35.5. The van der Waals surface area contributed by atoms with Crippen molar-refractivity contribution in [3.8, 4) is 11.1 Å². The molecule has 3 heterocycles. The van der Waals surface area contributed by atoms with Crippen molar-refractivity contribution in [1.82, 2.24) is 19.9 Å². The lowest BCUT2D eigenvalue weighted by Crippen LogP contribution is -2.43. The van der Waals surface area contributed by atoms with Crippen molar-refractivity contribution in [2.75, 3.05) is 42.7 Å². The van der Waals surface area contributed by atoms with Crippen LogP contribution in [-0.2, 0) is 17.3 Å². The summed E-state index contributed by atoms with van der Waals surface area (Å²) < 4.78 is 28.4. The molecule has 2 aromatic heterocycles. The van der Waals surface area contributed by atoms with E-state index >= 15 is 0 Å². The smallest absolute Gasteiger partial charge is 0.260 e. The molecule has 37 heavy (non-hydrogen) atoms. The normalized spacial score (nSPS) is 14.6. The molecule has 1 atom stereocenters. The van der Waals surface area contributed by atoms with Crippen molar-refractivity contribution in [2.24, 2.45) is 0 Å². The monoisotopic (exact) mass is 540 g/mol. The summed E-state index contributed by atoms with van der Waals surface area (Å²) in [5.74, 6) is -0.0764. The molecule has 0 spiro atoms. The van der Waals surface area contributed by atoms with Gasteiger partial charge in [0.25, 0.3) is 5.56 Å². The van der Waals surface area contributed by atoms with Crippen LogP contribution < -0.4 is 21.1 Å². The van der Waals surface area contributed by atoms with E-state index in [0.29, 0.717) is 50.0 Å². The fraction of sp³-hybridized carbons (Fsp3) is 0.269. The summed E-state index contributed by atoms with van der Waals surface area (Å²) in [5, 5.41) is 7.34. The lowest BCUT2D eigenvalue weighted by molar-refractivity contribution is 0.566. The van der Waals surface area contributed by atoms with E-state index in [4.69, 9.17) is 11.6 Å².